The summed E-state index contributed by atoms with van der Waals surface area (Å²) in [5, 5.41) is 5.68. The van der Waals surface area contributed by atoms with Crippen LogP contribution in [0.4, 0.5) is 4.79 Å². The van der Waals surface area contributed by atoms with E-state index >= 15 is 0 Å². The number of nitrogens with one attached hydrogen (secondary N) is 2. The molecule has 39 heavy (non-hydrogen) atoms. The Labute approximate surface area is 230 Å². The molecule has 9 heteroatoms. The highest BCUT2D eigenvalue weighted by molar-refractivity contribution is 5.79. The number of carbonyl (C=O) groups is 2. The van der Waals surface area contributed by atoms with Crippen molar-refractivity contribution in [1.82, 2.24) is 10.6 Å². The fourth-order valence-corrected chi connectivity index (χ4v) is 5.55. The van der Waals surface area contributed by atoms with Crippen LogP contribution >= 0.6 is 0 Å². The molecule has 1 fully saturated rings. The van der Waals surface area contributed by atoms with Crippen LogP contribution in [-0.2, 0) is 28.5 Å². The van der Waals surface area contributed by atoms with Gasteiger partial charge in [-0.25, -0.2) is 4.79 Å². The molecule has 2 aromatic carbocycles. The van der Waals surface area contributed by atoms with Gasteiger partial charge in [0.1, 0.15) is 24.9 Å². The quantitative estimate of drug-likeness (QED) is 0.420. The number of hydrogen-bond donors (Lipinski definition) is 2. The number of methoxy groups -OCH3 is 1. The maximum absolute atomic E-state index is 12.9. The molecular formula is C30H40N2O7. The van der Waals surface area contributed by atoms with Crippen LogP contribution in [0.5, 0.6) is 0 Å². The van der Waals surface area contributed by atoms with E-state index in [1.165, 1.54) is 11.1 Å². The van der Waals surface area contributed by atoms with Gasteiger partial charge < -0.3 is 34.3 Å². The number of alkyl carbamates (subject to hydrolysis) is 1. The van der Waals surface area contributed by atoms with Crippen molar-refractivity contribution in [2.45, 2.75) is 70.2 Å². The van der Waals surface area contributed by atoms with Crippen molar-refractivity contribution in [2.75, 3.05) is 33.5 Å². The zero-order valence-corrected chi connectivity index (χ0v) is 23.2. The fourth-order valence-electron chi connectivity index (χ4n) is 5.55. The minimum Gasteiger partial charge on any atom is -0.449 e. The van der Waals surface area contributed by atoms with Crippen LogP contribution in [0.25, 0.3) is 11.1 Å². The Morgan fingerprint density at radius 2 is 1.54 bits per heavy atom. The van der Waals surface area contributed by atoms with Crippen molar-refractivity contribution < 1.29 is 33.3 Å². The highest BCUT2D eigenvalue weighted by Crippen LogP contribution is 2.44. The molecule has 2 N–H and O–H groups in total. The molecule has 0 bridgehead atoms. The minimum absolute atomic E-state index is 0.0237. The lowest BCUT2D eigenvalue weighted by Gasteiger charge is -2.45. The Kier molecular flexibility index (Phi) is 10.3. The third-order valence-corrected chi connectivity index (χ3v) is 7.30. The van der Waals surface area contributed by atoms with Gasteiger partial charge in [0.05, 0.1) is 6.10 Å². The number of rotatable bonds is 12. The van der Waals surface area contributed by atoms with E-state index in [9.17, 15) is 9.59 Å². The van der Waals surface area contributed by atoms with E-state index in [1.54, 1.807) is 7.11 Å². The largest absolute Gasteiger partial charge is 0.449 e. The molecule has 2 amide bonds. The topological polar surface area (TPSA) is 104 Å². The highest BCUT2D eigenvalue weighted by Gasteiger charge is 2.47. The number of benzene rings is 2. The lowest BCUT2D eigenvalue weighted by molar-refractivity contribution is -0.274. The lowest BCUT2D eigenvalue weighted by atomic mass is 9.94. The van der Waals surface area contributed by atoms with Crippen molar-refractivity contribution >= 4 is 12.0 Å². The van der Waals surface area contributed by atoms with Gasteiger partial charge in [0.25, 0.3) is 0 Å². The van der Waals surface area contributed by atoms with E-state index in [1.807, 2.05) is 45.0 Å². The molecule has 0 aromatic heterocycles. The first-order valence-electron chi connectivity index (χ1n) is 13.8. The number of ether oxygens (including phenoxy) is 5. The second-order valence-electron chi connectivity index (χ2n) is 9.62. The summed E-state index contributed by atoms with van der Waals surface area (Å²) in [5.74, 6) is -0.286. The second kappa shape index (κ2) is 13.9. The molecule has 212 valence electrons. The molecule has 4 rings (SSSR count). The normalized spacial score (nSPS) is 24.1. The lowest BCUT2D eigenvalue weighted by Crippen LogP contribution is -2.65. The summed E-state index contributed by atoms with van der Waals surface area (Å²) >= 11 is 0. The Balaban J connectivity index is 1.29. The summed E-state index contributed by atoms with van der Waals surface area (Å²) in [6.07, 6.45) is -1.45. The predicted molar refractivity (Wildman–Crippen MR) is 146 cm³/mol. The third kappa shape index (κ3) is 6.61. The summed E-state index contributed by atoms with van der Waals surface area (Å²) in [6.45, 7) is 7.00. The Hall–Kier alpha value is -2.98. The third-order valence-electron chi connectivity index (χ3n) is 7.30. The van der Waals surface area contributed by atoms with E-state index in [2.05, 4.69) is 34.9 Å². The maximum atomic E-state index is 12.9. The van der Waals surface area contributed by atoms with Gasteiger partial charge in [0.15, 0.2) is 6.29 Å². The number of carbonyl (C=O) groups excluding carboxylic acids is 2. The summed E-state index contributed by atoms with van der Waals surface area (Å²) in [6, 6.07) is 15.8. The van der Waals surface area contributed by atoms with E-state index in [0.717, 1.165) is 17.5 Å². The van der Waals surface area contributed by atoms with E-state index < -0.39 is 24.5 Å². The molecule has 5 atom stereocenters. The molecule has 9 nitrogen and oxygen atoms in total. The predicted octanol–water partition coefficient (Wildman–Crippen LogP) is 3.99. The standard InChI is InChI=1S/C30H40N2O7/c1-5-24-27(35-4)28(36-6-2)26(29(39-24)37-7-3)32-25(33)16-17-31-30(34)38-18-23-21-14-10-8-12-19(21)20-13-9-11-15-22(20)23/h8-15,23-24,26-29H,5-7,16-18H2,1-4H3,(H,31,34)(H,32,33)/t24?,26?,27-,28+,29?/m0/s1. The Bertz CT molecular complexity index is 1060. The van der Waals surface area contributed by atoms with Crippen molar-refractivity contribution in [1.29, 1.82) is 0 Å². The van der Waals surface area contributed by atoms with Gasteiger partial charge in [-0.05, 0) is 42.5 Å². The fraction of sp³-hybridized carbons (Fsp3) is 0.533. The molecular weight excluding hydrogens is 500 g/mol. The van der Waals surface area contributed by atoms with Gasteiger partial charge in [0, 0.05) is 39.2 Å². The van der Waals surface area contributed by atoms with E-state index in [-0.39, 0.29) is 43.6 Å². The molecule has 1 saturated heterocycles. The molecule has 2 aliphatic rings. The SMILES string of the molecule is CCOC1OC(CC)[C@H](OC)[C@H](OCC)C1NC(=O)CCNC(=O)OCC1c2ccccc2-c2ccccc21. The monoisotopic (exact) mass is 540 g/mol. The number of hydrogen-bond acceptors (Lipinski definition) is 7. The zero-order chi connectivity index (χ0) is 27.8. The minimum atomic E-state index is -0.665. The van der Waals surface area contributed by atoms with Crippen molar-refractivity contribution in [2.24, 2.45) is 0 Å². The smallest absolute Gasteiger partial charge is 0.407 e. The van der Waals surface area contributed by atoms with Crippen LogP contribution in [0, 0.1) is 0 Å². The van der Waals surface area contributed by atoms with Crippen LogP contribution < -0.4 is 10.6 Å². The molecule has 1 aliphatic heterocycles. The molecule has 2 aromatic rings. The maximum Gasteiger partial charge on any atom is 0.407 e. The first-order chi connectivity index (χ1) is 19.0. The van der Waals surface area contributed by atoms with Crippen LogP contribution in [0.15, 0.2) is 48.5 Å². The molecule has 0 spiro atoms. The number of fused-ring (bicyclic) bond motifs is 3. The summed E-state index contributed by atoms with van der Waals surface area (Å²) in [7, 11) is 1.61. The van der Waals surface area contributed by atoms with Crippen molar-refractivity contribution in [3.63, 3.8) is 0 Å². The van der Waals surface area contributed by atoms with Crippen LogP contribution in [0.1, 0.15) is 50.7 Å². The van der Waals surface area contributed by atoms with Crippen molar-refractivity contribution in [3.8, 4) is 11.1 Å². The van der Waals surface area contributed by atoms with Crippen LogP contribution in [0.2, 0.25) is 0 Å². The van der Waals surface area contributed by atoms with Gasteiger partial charge in [-0.3, -0.25) is 4.79 Å². The van der Waals surface area contributed by atoms with Crippen LogP contribution in [-0.4, -0.2) is 76.1 Å². The second-order valence-corrected chi connectivity index (χ2v) is 9.62. The summed E-state index contributed by atoms with van der Waals surface area (Å²) < 4.78 is 29.2. The summed E-state index contributed by atoms with van der Waals surface area (Å²) in [5.41, 5.74) is 4.63. The van der Waals surface area contributed by atoms with Gasteiger partial charge in [0.2, 0.25) is 5.91 Å². The molecule has 0 saturated carbocycles. The molecule has 3 unspecified atom stereocenters. The molecule has 0 radical (unpaired) electrons. The highest BCUT2D eigenvalue weighted by atomic mass is 16.7. The first-order valence-corrected chi connectivity index (χ1v) is 13.8. The van der Waals surface area contributed by atoms with Crippen molar-refractivity contribution in [3.05, 3.63) is 59.7 Å². The average molecular weight is 541 g/mol. The number of amides is 2. The summed E-state index contributed by atoms with van der Waals surface area (Å²) in [4.78, 5) is 25.3. The Morgan fingerprint density at radius 1 is 0.897 bits per heavy atom. The van der Waals surface area contributed by atoms with E-state index in [4.69, 9.17) is 23.7 Å². The zero-order valence-electron chi connectivity index (χ0n) is 23.2. The van der Waals surface area contributed by atoms with Crippen LogP contribution in [0.3, 0.4) is 0 Å². The van der Waals surface area contributed by atoms with Gasteiger partial charge in [-0.1, -0.05) is 55.5 Å². The molecule has 1 heterocycles. The van der Waals surface area contributed by atoms with Gasteiger partial charge in [-0.2, -0.15) is 0 Å². The average Bonchev–Trinajstić information content (AvgIpc) is 3.27. The first kappa shape index (κ1) is 29.0. The van der Waals surface area contributed by atoms with E-state index in [0.29, 0.717) is 13.2 Å². The molecule has 1 aliphatic carbocycles. The van der Waals surface area contributed by atoms with Gasteiger partial charge in [-0.15, -0.1) is 0 Å². The van der Waals surface area contributed by atoms with Gasteiger partial charge >= 0.3 is 6.09 Å². The Morgan fingerprint density at radius 3 is 2.13 bits per heavy atom.